The number of carbonyl (C=O) groups excluding carboxylic acids is 1. The fourth-order valence-corrected chi connectivity index (χ4v) is 2.23. The zero-order valence-electron chi connectivity index (χ0n) is 13.2. The molecule has 0 fully saturated rings. The molecule has 1 unspecified atom stereocenters. The summed E-state index contributed by atoms with van der Waals surface area (Å²) >= 11 is 0. The average molecular weight is 279 g/mol. The molecule has 0 radical (unpaired) electrons. The van der Waals surface area contributed by atoms with Gasteiger partial charge in [-0.2, -0.15) is 0 Å². The summed E-state index contributed by atoms with van der Waals surface area (Å²) in [7, 11) is 0. The predicted octanol–water partition coefficient (Wildman–Crippen LogP) is 4.26. The van der Waals surface area contributed by atoms with Crippen LogP contribution in [0, 0.1) is 23.1 Å². The summed E-state index contributed by atoms with van der Waals surface area (Å²) in [5, 5.41) is 2.97. The molecular weight excluding hydrogens is 253 g/mol. The van der Waals surface area contributed by atoms with Crippen molar-refractivity contribution in [2.75, 3.05) is 6.54 Å². The standard InChI is InChI=1S/C17H26FNO/c1-12(2)10-14(17(3,4)5)11-19-16(20)13-6-8-15(18)9-7-13/h6-9,12,14H,10-11H2,1-5H3,(H,19,20). The molecule has 1 aromatic rings. The molecule has 1 atom stereocenters. The van der Waals surface area contributed by atoms with Gasteiger partial charge in [0.25, 0.3) is 5.91 Å². The number of benzene rings is 1. The van der Waals surface area contributed by atoms with Crippen LogP contribution in [-0.4, -0.2) is 12.5 Å². The summed E-state index contributed by atoms with van der Waals surface area (Å²) in [6, 6.07) is 5.65. The van der Waals surface area contributed by atoms with E-state index in [4.69, 9.17) is 0 Å². The SMILES string of the molecule is CC(C)CC(CNC(=O)c1ccc(F)cc1)C(C)(C)C. The summed E-state index contributed by atoms with van der Waals surface area (Å²) in [4.78, 5) is 12.0. The van der Waals surface area contributed by atoms with Gasteiger partial charge in [-0.15, -0.1) is 0 Å². The Labute approximate surface area is 121 Å². The molecule has 2 nitrogen and oxygen atoms in total. The van der Waals surface area contributed by atoms with Crippen molar-refractivity contribution in [3.05, 3.63) is 35.6 Å². The molecule has 1 aromatic carbocycles. The Bertz CT molecular complexity index is 431. The molecule has 112 valence electrons. The lowest BCUT2D eigenvalue weighted by Crippen LogP contribution is -2.36. The van der Waals surface area contributed by atoms with Gasteiger partial charge in [0, 0.05) is 12.1 Å². The van der Waals surface area contributed by atoms with Crippen LogP contribution in [0.4, 0.5) is 4.39 Å². The van der Waals surface area contributed by atoms with Crippen molar-refractivity contribution in [2.24, 2.45) is 17.3 Å². The minimum Gasteiger partial charge on any atom is -0.352 e. The quantitative estimate of drug-likeness (QED) is 0.857. The second-order valence-electron chi connectivity index (χ2n) is 6.91. The maximum Gasteiger partial charge on any atom is 0.251 e. The molecule has 0 bridgehead atoms. The smallest absolute Gasteiger partial charge is 0.251 e. The first kappa shape index (κ1) is 16.7. The Hall–Kier alpha value is -1.38. The minimum absolute atomic E-state index is 0.136. The molecular formula is C17H26FNO. The monoisotopic (exact) mass is 279 g/mol. The molecule has 20 heavy (non-hydrogen) atoms. The number of hydrogen-bond acceptors (Lipinski definition) is 1. The normalized spacial score (nSPS) is 13.3. The van der Waals surface area contributed by atoms with Crippen LogP contribution in [0.2, 0.25) is 0 Å². The van der Waals surface area contributed by atoms with Gasteiger partial charge in [-0.3, -0.25) is 4.79 Å². The van der Waals surface area contributed by atoms with E-state index in [1.165, 1.54) is 24.3 Å². The summed E-state index contributed by atoms with van der Waals surface area (Å²) < 4.78 is 12.8. The average Bonchev–Trinajstić information content (AvgIpc) is 2.33. The van der Waals surface area contributed by atoms with Gasteiger partial charge in [0.05, 0.1) is 0 Å². The van der Waals surface area contributed by atoms with Crippen molar-refractivity contribution < 1.29 is 9.18 Å². The Morgan fingerprint density at radius 2 is 1.75 bits per heavy atom. The number of nitrogens with one attached hydrogen (secondary N) is 1. The van der Waals surface area contributed by atoms with Crippen molar-refractivity contribution >= 4 is 5.91 Å². The van der Waals surface area contributed by atoms with E-state index in [0.29, 0.717) is 23.9 Å². The molecule has 0 aromatic heterocycles. The zero-order valence-corrected chi connectivity index (χ0v) is 13.2. The number of carbonyl (C=O) groups is 1. The van der Waals surface area contributed by atoms with Crippen LogP contribution in [-0.2, 0) is 0 Å². The van der Waals surface area contributed by atoms with Crippen LogP contribution in [0.5, 0.6) is 0 Å². The second kappa shape index (κ2) is 6.87. The number of hydrogen-bond donors (Lipinski definition) is 1. The molecule has 1 amide bonds. The fraction of sp³-hybridized carbons (Fsp3) is 0.588. The van der Waals surface area contributed by atoms with Gasteiger partial charge in [0.1, 0.15) is 5.82 Å². The molecule has 0 aliphatic heterocycles. The van der Waals surface area contributed by atoms with E-state index in [2.05, 4.69) is 39.9 Å². The third-order valence-corrected chi connectivity index (χ3v) is 3.60. The van der Waals surface area contributed by atoms with E-state index in [9.17, 15) is 9.18 Å². The molecule has 0 heterocycles. The van der Waals surface area contributed by atoms with Gasteiger partial charge in [0.15, 0.2) is 0 Å². The van der Waals surface area contributed by atoms with Gasteiger partial charge >= 0.3 is 0 Å². The summed E-state index contributed by atoms with van der Waals surface area (Å²) in [5.41, 5.74) is 0.656. The Kier molecular flexibility index (Phi) is 5.73. The zero-order chi connectivity index (χ0) is 15.3. The highest BCUT2D eigenvalue weighted by Gasteiger charge is 2.25. The van der Waals surface area contributed by atoms with E-state index in [-0.39, 0.29) is 17.1 Å². The van der Waals surface area contributed by atoms with Crippen LogP contribution in [0.1, 0.15) is 51.4 Å². The van der Waals surface area contributed by atoms with E-state index >= 15 is 0 Å². The first-order valence-electron chi connectivity index (χ1n) is 7.24. The minimum atomic E-state index is -0.325. The second-order valence-corrected chi connectivity index (χ2v) is 6.91. The van der Waals surface area contributed by atoms with Crippen molar-refractivity contribution in [3.63, 3.8) is 0 Å². The Morgan fingerprint density at radius 1 is 1.20 bits per heavy atom. The first-order chi connectivity index (χ1) is 9.20. The molecule has 0 aliphatic carbocycles. The summed E-state index contributed by atoms with van der Waals surface area (Å²) in [6.07, 6.45) is 1.08. The van der Waals surface area contributed by atoms with Crippen molar-refractivity contribution in [1.29, 1.82) is 0 Å². The molecule has 1 N–H and O–H groups in total. The highest BCUT2D eigenvalue weighted by Crippen LogP contribution is 2.30. The van der Waals surface area contributed by atoms with Crippen molar-refractivity contribution in [1.82, 2.24) is 5.32 Å². The lowest BCUT2D eigenvalue weighted by molar-refractivity contribution is 0.0926. The van der Waals surface area contributed by atoms with Crippen molar-refractivity contribution in [3.8, 4) is 0 Å². The summed E-state index contributed by atoms with van der Waals surface area (Å²) in [5.74, 6) is 0.561. The van der Waals surface area contributed by atoms with Gasteiger partial charge in [-0.25, -0.2) is 4.39 Å². The number of halogens is 1. The lowest BCUT2D eigenvalue weighted by atomic mass is 9.76. The predicted molar refractivity (Wildman–Crippen MR) is 81.1 cm³/mol. The van der Waals surface area contributed by atoms with E-state index in [1.54, 1.807) is 0 Å². The molecule has 1 rings (SSSR count). The van der Waals surface area contributed by atoms with Crippen LogP contribution < -0.4 is 5.32 Å². The van der Waals surface area contributed by atoms with Gasteiger partial charge in [-0.05, 0) is 47.9 Å². The Balaban J connectivity index is 2.63. The maximum atomic E-state index is 12.8. The molecule has 3 heteroatoms. The molecule has 0 spiro atoms. The molecule has 0 aliphatic rings. The fourth-order valence-electron chi connectivity index (χ4n) is 2.23. The summed E-state index contributed by atoms with van der Waals surface area (Å²) in [6.45, 7) is 11.6. The van der Waals surface area contributed by atoms with Crippen LogP contribution >= 0.6 is 0 Å². The van der Waals surface area contributed by atoms with Gasteiger partial charge < -0.3 is 5.32 Å². The van der Waals surface area contributed by atoms with E-state index < -0.39 is 0 Å². The maximum absolute atomic E-state index is 12.8. The van der Waals surface area contributed by atoms with Crippen molar-refractivity contribution in [2.45, 2.75) is 41.0 Å². The third-order valence-electron chi connectivity index (χ3n) is 3.60. The van der Waals surface area contributed by atoms with E-state index in [0.717, 1.165) is 6.42 Å². The van der Waals surface area contributed by atoms with Gasteiger partial charge in [0.2, 0.25) is 0 Å². The highest BCUT2D eigenvalue weighted by molar-refractivity contribution is 5.94. The van der Waals surface area contributed by atoms with Crippen LogP contribution in [0.3, 0.4) is 0 Å². The molecule has 0 saturated carbocycles. The molecule has 0 saturated heterocycles. The van der Waals surface area contributed by atoms with E-state index in [1.807, 2.05) is 0 Å². The largest absolute Gasteiger partial charge is 0.352 e. The van der Waals surface area contributed by atoms with Crippen LogP contribution in [0.15, 0.2) is 24.3 Å². The van der Waals surface area contributed by atoms with Crippen LogP contribution in [0.25, 0.3) is 0 Å². The number of amides is 1. The lowest BCUT2D eigenvalue weighted by Gasteiger charge is -2.32. The first-order valence-corrected chi connectivity index (χ1v) is 7.24. The Morgan fingerprint density at radius 3 is 2.20 bits per heavy atom. The highest BCUT2D eigenvalue weighted by atomic mass is 19.1. The van der Waals surface area contributed by atoms with Gasteiger partial charge in [-0.1, -0.05) is 34.6 Å². The third kappa shape index (κ3) is 5.32. The topological polar surface area (TPSA) is 29.1 Å². The number of rotatable bonds is 5.